The molecule has 3 heteroatoms. The van der Waals surface area contributed by atoms with Crippen molar-refractivity contribution in [1.82, 2.24) is 4.90 Å². The van der Waals surface area contributed by atoms with Crippen LogP contribution in [-0.4, -0.2) is 34.6 Å². The number of aliphatic hydroxyl groups excluding tert-OH is 1. The number of benzene rings is 1. The molecule has 2 unspecified atom stereocenters. The number of nitrogens with zero attached hydrogens (tertiary/aromatic N) is 1. The van der Waals surface area contributed by atoms with Gasteiger partial charge in [0.05, 0.1) is 12.5 Å². The topological polar surface area (TPSA) is 40.5 Å². The van der Waals surface area contributed by atoms with Gasteiger partial charge in [0.1, 0.15) is 0 Å². The molecule has 0 aliphatic carbocycles. The van der Waals surface area contributed by atoms with Crippen molar-refractivity contribution in [3.8, 4) is 0 Å². The Balaban J connectivity index is 2.01. The molecule has 104 valence electrons. The zero-order valence-corrected chi connectivity index (χ0v) is 11.8. The molecular formula is C16H23NO2. The molecule has 0 radical (unpaired) electrons. The third-order valence-electron chi connectivity index (χ3n) is 3.91. The molecule has 1 amide bonds. The highest BCUT2D eigenvalue weighted by Gasteiger charge is 2.29. The van der Waals surface area contributed by atoms with Crippen LogP contribution in [0.4, 0.5) is 0 Å². The number of carbonyl (C=O) groups is 1. The normalized spacial score (nSPS) is 20.6. The quantitative estimate of drug-likeness (QED) is 0.903. The Labute approximate surface area is 115 Å². The minimum absolute atomic E-state index is 0.192. The van der Waals surface area contributed by atoms with Gasteiger partial charge < -0.3 is 10.0 Å². The first-order valence-corrected chi connectivity index (χ1v) is 7.10. The van der Waals surface area contributed by atoms with Crippen molar-refractivity contribution in [3.63, 3.8) is 0 Å². The fraction of sp³-hybridized carbons (Fsp3) is 0.562. The van der Waals surface area contributed by atoms with Crippen molar-refractivity contribution in [2.45, 2.75) is 51.7 Å². The molecule has 3 nitrogen and oxygen atoms in total. The van der Waals surface area contributed by atoms with Crippen molar-refractivity contribution < 1.29 is 9.90 Å². The molecule has 19 heavy (non-hydrogen) atoms. The second-order valence-electron chi connectivity index (χ2n) is 5.57. The summed E-state index contributed by atoms with van der Waals surface area (Å²) < 4.78 is 0. The van der Waals surface area contributed by atoms with Gasteiger partial charge in [0, 0.05) is 12.6 Å². The number of hydrogen-bond donors (Lipinski definition) is 1. The molecule has 1 aromatic carbocycles. The van der Waals surface area contributed by atoms with Gasteiger partial charge in [0.15, 0.2) is 0 Å². The van der Waals surface area contributed by atoms with E-state index in [9.17, 15) is 9.90 Å². The Morgan fingerprint density at radius 1 is 1.47 bits per heavy atom. The lowest BCUT2D eigenvalue weighted by Gasteiger charge is -2.26. The average Bonchev–Trinajstić information content (AvgIpc) is 2.79. The predicted octanol–water partition coefficient (Wildman–Crippen LogP) is 2.30. The summed E-state index contributed by atoms with van der Waals surface area (Å²) in [5.74, 6) is 0.192. The summed E-state index contributed by atoms with van der Waals surface area (Å²) in [6.45, 7) is 4.67. The minimum Gasteiger partial charge on any atom is -0.393 e. The third kappa shape index (κ3) is 3.57. The molecule has 1 aliphatic rings. The van der Waals surface area contributed by atoms with E-state index in [1.54, 1.807) is 6.92 Å². The first kappa shape index (κ1) is 14.1. The van der Waals surface area contributed by atoms with Crippen molar-refractivity contribution >= 4 is 5.91 Å². The monoisotopic (exact) mass is 261 g/mol. The largest absolute Gasteiger partial charge is 0.393 e. The number of aliphatic hydroxyl groups is 1. The van der Waals surface area contributed by atoms with Crippen molar-refractivity contribution in [1.29, 1.82) is 0 Å². The minimum atomic E-state index is -0.336. The summed E-state index contributed by atoms with van der Waals surface area (Å²) in [6.07, 6.45) is 2.90. The predicted molar refractivity (Wildman–Crippen MR) is 75.9 cm³/mol. The SMILES string of the molecule is Cc1ccccc1CC(=O)N1CCCC1CC(C)O. The molecule has 1 fully saturated rings. The molecule has 1 saturated heterocycles. The van der Waals surface area contributed by atoms with Crippen LogP contribution in [0.25, 0.3) is 0 Å². The first-order chi connectivity index (χ1) is 9.08. The number of likely N-dealkylation sites (tertiary alicyclic amines) is 1. The lowest BCUT2D eigenvalue weighted by atomic mass is 10.0. The summed E-state index contributed by atoms with van der Waals surface area (Å²) in [4.78, 5) is 14.4. The smallest absolute Gasteiger partial charge is 0.227 e. The maximum atomic E-state index is 12.4. The zero-order valence-electron chi connectivity index (χ0n) is 11.8. The number of carbonyl (C=O) groups excluding carboxylic acids is 1. The van der Waals surface area contributed by atoms with Crippen LogP contribution >= 0.6 is 0 Å². The van der Waals surface area contributed by atoms with Gasteiger partial charge in [-0.1, -0.05) is 24.3 Å². The summed E-state index contributed by atoms with van der Waals surface area (Å²) in [6, 6.07) is 8.26. The van der Waals surface area contributed by atoms with E-state index in [2.05, 4.69) is 0 Å². The van der Waals surface area contributed by atoms with Crippen LogP contribution in [0.5, 0.6) is 0 Å². The molecule has 1 aliphatic heterocycles. The Hall–Kier alpha value is -1.35. The van der Waals surface area contributed by atoms with Gasteiger partial charge in [-0.15, -0.1) is 0 Å². The van der Waals surface area contributed by atoms with Crippen molar-refractivity contribution in [3.05, 3.63) is 35.4 Å². The summed E-state index contributed by atoms with van der Waals surface area (Å²) in [5.41, 5.74) is 2.28. The van der Waals surface area contributed by atoms with E-state index < -0.39 is 0 Å². The number of rotatable bonds is 4. The highest BCUT2D eigenvalue weighted by atomic mass is 16.3. The highest BCUT2D eigenvalue weighted by Crippen LogP contribution is 2.23. The third-order valence-corrected chi connectivity index (χ3v) is 3.91. The molecule has 1 heterocycles. The van der Waals surface area contributed by atoms with Crippen molar-refractivity contribution in [2.24, 2.45) is 0 Å². The Bertz CT molecular complexity index is 442. The number of amides is 1. The fourth-order valence-corrected chi connectivity index (χ4v) is 2.88. The Morgan fingerprint density at radius 2 is 2.21 bits per heavy atom. The van der Waals surface area contributed by atoms with Gasteiger partial charge >= 0.3 is 0 Å². The molecule has 1 aromatic rings. The van der Waals surface area contributed by atoms with Gasteiger partial charge in [-0.05, 0) is 44.2 Å². The van der Waals surface area contributed by atoms with Crippen LogP contribution in [0.1, 0.15) is 37.3 Å². The molecular weight excluding hydrogens is 238 g/mol. The Morgan fingerprint density at radius 3 is 2.89 bits per heavy atom. The van der Waals surface area contributed by atoms with Gasteiger partial charge in [-0.25, -0.2) is 0 Å². The summed E-state index contributed by atoms with van der Waals surface area (Å²) in [5, 5.41) is 9.51. The van der Waals surface area contributed by atoms with Crippen LogP contribution in [-0.2, 0) is 11.2 Å². The van der Waals surface area contributed by atoms with E-state index in [1.807, 2.05) is 36.1 Å². The molecule has 1 N–H and O–H groups in total. The second-order valence-corrected chi connectivity index (χ2v) is 5.57. The maximum absolute atomic E-state index is 12.4. The van der Waals surface area contributed by atoms with Crippen LogP contribution in [0.2, 0.25) is 0 Å². The van der Waals surface area contributed by atoms with Crippen molar-refractivity contribution in [2.75, 3.05) is 6.54 Å². The second kappa shape index (κ2) is 6.20. The lowest BCUT2D eigenvalue weighted by molar-refractivity contribution is -0.131. The van der Waals surface area contributed by atoms with Crippen LogP contribution in [0.15, 0.2) is 24.3 Å². The van der Waals surface area contributed by atoms with E-state index >= 15 is 0 Å². The molecule has 0 bridgehead atoms. The van der Waals surface area contributed by atoms with E-state index in [0.717, 1.165) is 24.9 Å². The summed E-state index contributed by atoms with van der Waals surface area (Å²) >= 11 is 0. The van der Waals surface area contributed by atoms with Crippen LogP contribution in [0.3, 0.4) is 0 Å². The average molecular weight is 261 g/mol. The maximum Gasteiger partial charge on any atom is 0.227 e. The molecule has 0 saturated carbocycles. The first-order valence-electron chi connectivity index (χ1n) is 7.10. The van der Waals surface area contributed by atoms with E-state index in [4.69, 9.17) is 0 Å². The Kier molecular flexibility index (Phi) is 4.59. The van der Waals surface area contributed by atoms with Crippen LogP contribution < -0.4 is 0 Å². The molecule has 0 spiro atoms. The van der Waals surface area contributed by atoms with Gasteiger partial charge in [0.2, 0.25) is 5.91 Å². The van der Waals surface area contributed by atoms with Crippen LogP contribution in [0, 0.1) is 6.92 Å². The lowest BCUT2D eigenvalue weighted by Crippen LogP contribution is -2.38. The molecule has 0 aromatic heterocycles. The van der Waals surface area contributed by atoms with Gasteiger partial charge in [0.25, 0.3) is 0 Å². The van der Waals surface area contributed by atoms with E-state index in [-0.39, 0.29) is 18.1 Å². The molecule has 2 rings (SSSR count). The number of hydrogen-bond acceptors (Lipinski definition) is 2. The number of aryl methyl sites for hydroxylation is 1. The molecule has 2 atom stereocenters. The van der Waals surface area contributed by atoms with Gasteiger partial charge in [-0.3, -0.25) is 4.79 Å². The summed E-state index contributed by atoms with van der Waals surface area (Å²) in [7, 11) is 0. The highest BCUT2D eigenvalue weighted by molar-refractivity contribution is 5.79. The standard InChI is InChI=1S/C16H23NO2/c1-12-6-3-4-7-14(12)11-16(19)17-9-5-8-15(17)10-13(2)18/h3-4,6-7,13,15,18H,5,8-11H2,1-2H3. The fourth-order valence-electron chi connectivity index (χ4n) is 2.88. The van der Waals surface area contributed by atoms with E-state index in [1.165, 1.54) is 5.56 Å². The van der Waals surface area contributed by atoms with Gasteiger partial charge in [-0.2, -0.15) is 0 Å². The van der Waals surface area contributed by atoms with E-state index in [0.29, 0.717) is 12.8 Å². The zero-order chi connectivity index (χ0) is 13.8.